The molecule has 3 heterocycles. The summed E-state index contributed by atoms with van der Waals surface area (Å²) in [7, 11) is 10.3. The van der Waals surface area contributed by atoms with Crippen LogP contribution in [-0.4, -0.2) is 72.2 Å². The van der Waals surface area contributed by atoms with Crippen LogP contribution in [0.4, 0.5) is 0 Å². The molecule has 2 aromatic rings. The zero-order valence-electron chi connectivity index (χ0n) is 23.2. The van der Waals surface area contributed by atoms with Crippen molar-refractivity contribution < 1.29 is 0 Å². The fraction of sp³-hybridized carbons (Fsp3) is 0.586. The molecule has 3 aliphatic rings. The van der Waals surface area contributed by atoms with Crippen molar-refractivity contribution in [1.82, 2.24) is 19.8 Å². The quantitative estimate of drug-likeness (QED) is 0.339. The second-order valence-electron chi connectivity index (χ2n) is 12.5. The Bertz CT molecular complexity index is 1220. The van der Waals surface area contributed by atoms with Gasteiger partial charge >= 0.3 is 0 Å². The van der Waals surface area contributed by atoms with E-state index in [4.69, 9.17) is 16.6 Å². The highest BCUT2D eigenvalue weighted by Gasteiger charge is 2.46. The van der Waals surface area contributed by atoms with Crippen molar-refractivity contribution in [3.05, 3.63) is 48.1 Å². The molecule has 5 nitrogen and oxygen atoms in total. The van der Waals surface area contributed by atoms with E-state index in [1.807, 2.05) is 7.05 Å². The lowest BCUT2D eigenvalue weighted by molar-refractivity contribution is 0.118. The van der Waals surface area contributed by atoms with E-state index in [1.165, 1.54) is 42.2 Å². The van der Waals surface area contributed by atoms with E-state index < -0.39 is 0 Å². The van der Waals surface area contributed by atoms with Crippen LogP contribution in [0, 0.1) is 5.92 Å². The molecule has 1 saturated carbocycles. The van der Waals surface area contributed by atoms with Crippen LogP contribution in [0.25, 0.3) is 11.0 Å². The van der Waals surface area contributed by atoms with Crippen LogP contribution in [0.2, 0.25) is 5.31 Å². The number of benzene rings is 1. The summed E-state index contributed by atoms with van der Waals surface area (Å²) in [5.41, 5.74) is 7.72. The second kappa shape index (κ2) is 10.2. The van der Waals surface area contributed by atoms with Gasteiger partial charge in [-0.2, -0.15) is 0 Å². The maximum atomic E-state index is 5.19. The van der Waals surface area contributed by atoms with Gasteiger partial charge in [0.15, 0.2) is 5.82 Å². The molecule has 3 fully saturated rings. The number of H-pyrrole nitrogens is 1. The summed E-state index contributed by atoms with van der Waals surface area (Å²) < 4.78 is 0. The van der Waals surface area contributed by atoms with Crippen molar-refractivity contribution in [3.8, 4) is 0 Å². The molecule has 8 heteroatoms. The van der Waals surface area contributed by atoms with Crippen molar-refractivity contribution in [2.24, 2.45) is 10.9 Å². The van der Waals surface area contributed by atoms with Gasteiger partial charge in [0, 0.05) is 61.3 Å². The first kappa shape index (κ1) is 27.0. The van der Waals surface area contributed by atoms with Crippen molar-refractivity contribution in [2.75, 3.05) is 33.2 Å². The Balaban J connectivity index is 1.51. The van der Waals surface area contributed by atoms with Crippen LogP contribution in [0.15, 0.2) is 41.7 Å². The van der Waals surface area contributed by atoms with Gasteiger partial charge in [-0.15, -0.1) is 18.5 Å². The van der Waals surface area contributed by atoms with Gasteiger partial charge in [0.05, 0.1) is 16.7 Å². The van der Waals surface area contributed by atoms with Crippen molar-refractivity contribution in [3.63, 3.8) is 0 Å². The molecule has 1 N–H and O–H groups in total. The minimum absolute atomic E-state index is 0.0916. The van der Waals surface area contributed by atoms with Gasteiger partial charge < -0.3 is 14.8 Å². The molecule has 1 aromatic heterocycles. The lowest BCUT2D eigenvalue weighted by atomic mass is 9.62. The number of likely N-dealkylation sites (tertiary alicyclic amines) is 2. The van der Waals surface area contributed by atoms with E-state index in [0.717, 1.165) is 72.9 Å². The Labute approximate surface area is 228 Å². The number of nitrogens with one attached hydrogen (secondary N) is 1. The van der Waals surface area contributed by atoms with Gasteiger partial charge in [0.1, 0.15) is 7.85 Å². The summed E-state index contributed by atoms with van der Waals surface area (Å²) in [5.74, 6) is 1.43. The number of aromatic nitrogens is 2. The minimum atomic E-state index is -0.0916. The van der Waals surface area contributed by atoms with Gasteiger partial charge in [0.2, 0.25) is 0 Å². The smallest absolute Gasteiger partial charge is 0.152 e. The minimum Gasteiger partial charge on any atom is -0.375 e. The molecule has 2 unspecified atom stereocenters. The normalized spacial score (nSPS) is 25.7. The predicted octanol–water partition coefficient (Wildman–Crippen LogP) is 4.42. The number of aromatic amines is 1. The SMILES string of the molecule is BC1(C)CN(C(=C)C2(c3ccc4[nH]c(/C(=N\C)C5CCC(P)CC5)nc4c3P)CCN(C(=C)C)CC2)C1. The Morgan fingerprint density at radius 1 is 1.14 bits per heavy atom. The first-order valence-corrected chi connectivity index (χ1v) is 15.1. The fourth-order valence-corrected chi connectivity index (χ4v) is 7.95. The zero-order chi connectivity index (χ0) is 26.5. The zero-order valence-corrected chi connectivity index (χ0v) is 25.5. The number of piperidine rings is 1. The summed E-state index contributed by atoms with van der Waals surface area (Å²) in [5, 5.41) is 1.56. The molecule has 37 heavy (non-hydrogen) atoms. The number of fused-ring (bicyclic) bond motifs is 1. The van der Waals surface area contributed by atoms with Gasteiger partial charge in [0.25, 0.3) is 0 Å². The van der Waals surface area contributed by atoms with Crippen LogP contribution < -0.4 is 5.30 Å². The number of nitrogens with zero attached hydrogens (tertiary/aromatic N) is 4. The van der Waals surface area contributed by atoms with E-state index in [1.54, 1.807) is 0 Å². The Morgan fingerprint density at radius 3 is 2.35 bits per heavy atom. The molecule has 0 amide bonds. The highest BCUT2D eigenvalue weighted by Crippen LogP contribution is 2.48. The average Bonchev–Trinajstić information content (AvgIpc) is 3.29. The number of allylic oxidation sites excluding steroid dienone is 2. The molecule has 2 atom stereocenters. The largest absolute Gasteiger partial charge is 0.375 e. The van der Waals surface area contributed by atoms with Gasteiger partial charge in [-0.1, -0.05) is 26.1 Å². The first-order chi connectivity index (χ1) is 17.5. The second-order valence-corrected chi connectivity index (χ2v) is 14.0. The third kappa shape index (κ3) is 4.94. The van der Waals surface area contributed by atoms with E-state index in [0.29, 0.717) is 11.2 Å². The summed E-state index contributed by atoms with van der Waals surface area (Å²) >= 11 is 0. The Kier molecular flexibility index (Phi) is 7.40. The van der Waals surface area contributed by atoms with Crippen molar-refractivity contribution >= 4 is 48.4 Å². The molecular weight excluding hydrogens is 491 g/mol. The molecule has 0 spiro atoms. The molecule has 1 aromatic carbocycles. The maximum absolute atomic E-state index is 5.19. The Morgan fingerprint density at radius 2 is 1.78 bits per heavy atom. The van der Waals surface area contributed by atoms with Crippen LogP contribution in [0.5, 0.6) is 0 Å². The predicted molar refractivity (Wildman–Crippen MR) is 168 cm³/mol. The van der Waals surface area contributed by atoms with Gasteiger partial charge in [-0.3, -0.25) is 4.99 Å². The average molecular weight is 535 g/mol. The summed E-state index contributed by atoms with van der Waals surface area (Å²) in [6.07, 6.45) is 6.94. The number of hydrogen-bond acceptors (Lipinski definition) is 4. The molecular formula is C29H44BN5P2. The summed E-state index contributed by atoms with van der Waals surface area (Å²) in [4.78, 5) is 18.5. The van der Waals surface area contributed by atoms with Crippen LogP contribution in [0.3, 0.4) is 0 Å². The van der Waals surface area contributed by atoms with Gasteiger partial charge in [-0.05, 0) is 68.1 Å². The molecule has 1 aliphatic carbocycles. The molecule has 198 valence electrons. The van der Waals surface area contributed by atoms with Gasteiger partial charge in [-0.25, -0.2) is 4.98 Å². The fourth-order valence-electron chi connectivity index (χ4n) is 6.97. The summed E-state index contributed by atoms with van der Waals surface area (Å²) in [6.45, 7) is 17.6. The molecule has 5 rings (SSSR count). The lowest BCUT2D eigenvalue weighted by Crippen LogP contribution is -2.55. The highest BCUT2D eigenvalue weighted by molar-refractivity contribution is 7.28. The first-order valence-electron chi connectivity index (χ1n) is 13.9. The monoisotopic (exact) mass is 535 g/mol. The van der Waals surface area contributed by atoms with Crippen LogP contribution in [0.1, 0.15) is 63.8 Å². The number of rotatable bonds is 6. The van der Waals surface area contributed by atoms with Crippen LogP contribution in [-0.2, 0) is 5.41 Å². The third-order valence-electron chi connectivity index (χ3n) is 9.18. The molecule has 2 saturated heterocycles. The van der Waals surface area contributed by atoms with E-state index in [9.17, 15) is 0 Å². The molecule has 0 radical (unpaired) electrons. The van der Waals surface area contributed by atoms with E-state index in [2.05, 4.69) is 73.7 Å². The third-order valence-corrected chi connectivity index (χ3v) is 10.4. The standard InChI is InChI=1S/C29H44BN5P2/c1-18(2)34-14-12-29(13-15-34,19(3)35-16-28(4,30)17-35)22-10-11-23-25(26(22)37)33-27(32-23)24(31-5)20-6-8-21(36)9-7-20/h10-11,20-21H,1,3,6-9,12-17,30,36-37H2,2,4-5H3,(H,32,33)/b31-24-. The highest BCUT2D eigenvalue weighted by atomic mass is 31.0. The maximum Gasteiger partial charge on any atom is 0.152 e. The van der Waals surface area contributed by atoms with E-state index >= 15 is 0 Å². The molecule has 0 bridgehead atoms. The number of hydrogen-bond donors (Lipinski definition) is 1. The van der Waals surface area contributed by atoms with Crippen molar-refractivity contribution in [1.29, 1.82) is 0 Å². The molecule has 2 aliphatic heterocycles. The topological polar surface area (TPSA) is 47.5 Å². The van der Waals surface area contributed by atoms with Crippen molar-refractivity contribution in [2.45, 2.75) is 68.8 Å². The van der Waals surface area contributed by atoms with Crippen LogP contribution >= 0.6 is 18.5 Å². The number of imidazole rings is 1. The lowest BCUT2D eigenvalue weighted by Gasteiger charge is -2.55. The number of aliphatic imine (C=N–C) groups is 1. The van der Waals surface area contributed by atoms with E-state index in [-0.39, 0.29) is 5.41 Å². The summed E-state index contributed by atoms with van der Waals surface area (Å²) in [6, 6.07) is 4.57. The Hall–Kier alpha value is -1.64.